The summed E-state index contributed by atoms with van der Waals surface area (Å²) in [5.41, 5.74) is 1.76. The normalized spacial score (nSPS) is 18.4. The number of allylic oxidation sites excluding steroid dienone is 1. The van der Waals surface area contributed by atoms with E-state index in [1.807, 2.05) is 18.2 Å². The molecule has 1 aliphatic heterocycles. The number of carbonyl (C=O) groups is 2. The van der Waals surface area contributed by atoms with Crippen molar-refractivity contribution in [2.24, 2.45) is 0 Å². The maximum Gasteiger partial charge on any atom is 0.336 e. The number of hydrogen-bond acceptors (Lipinski definition) is 3. The van der Waals surface area contributed by atoms with E-state index in [4.69, 9.17) is 16.3 Å². The highest BCUT2D eigenvalue weighted by molar-refractivity contribution is 9.09. The molecule has 0 saturated carbocycles. The van der Waals surface area contributed by atoms with Crippen LogP contribution in [0.25, 0.3) is 0 Å². The molecule has 0 bridgehead atoms. The van der Waals surface area contributed by atoms with E-state index in [1.165, 1.54) is 0 Å². The first-order valence-electron chi connectivity index (χ1n) is 6.58. The third-order valence-electron chi connectivity index (χ3n) is 3.26. The Morgan fingerprint density at radius 3 is 2.81 bits per heavy atom. The lowest BCUT2D eigenvalue weighted by Crippen LogP contribution is -2.36. The van der Waals surface area contributed by atoms with E-state index >= 15 is 0 Å². The Morgan fingerprint density at radius 2 is 2.19 bits per heavy atom. The lowest BCUT2D eigenvalue weighted by Gasteiger charge is -2.27. The largest absolute Gasteiger partial charge is 0.463 e. The molecule has 1 unspecified atom stereocenters. The topological polar surface area (TPSA) is 55.4 Å². The summed E-state index contributed by atoms with van der Waals surface area (Å²) in [6.45, 7) is 2.03. The summed E-state index contributed by atoms with van der Waals surface area (Å²) in [6, 6.07) is 7.23. The summed E-state index contributed by atoms with van der Waals surface area (Å²) in [5, 5.41) is 3.63. The summed E-state index contributed by atoms with van der Waals surface area (Å²) < 4.78 is 5.13. The molecular weight excluding hydrogens is 358 g/mol. The highest BCUT2D eigenvalue weighted by atomic mass is 79.9. The molecule has 0 aromatic heterocycles. The van der Waals surface area contributed by atoms with Crippen LogP contribution in [-0.4, -0.2) is 23.8 Å². The van der Waals surface area contributed by atoms with Crippen molar-refractivity contribution in [2.45, 2.75) is 19.3 Å². The Hall–Kier alpha value is -1.33. The van der Waals surface area contributed by atoms with Gasteiger partial charge in [-0.15, -0.1) is 0 Å². The van der Waals surface area contributed by atoms with Crippen LogP contribution < -0.4 is 5.32 Å². The van der Waals surface area contributed by atoms with Gasteiger partial charge in [-0.3, -0.25) is 4.79 Å². The Kier molecular flexibility index (Phi) is 5.42. The van der Waals surface area contributed by atoms with E-state index in [2.05, 4.69) is 21.2 Å². The Balaban J connectivity index is 2.52. The molecule has 4 nitrogen and oxygen atoms in total. The minimum atomic E-state index is -0.420. The molecule has 0 saturated heterocycles. The lowest BCUT2D eigenvalue weighted by molar-refractivity contribution is -0.139. The van der Waals surface area contributed by atoms with Gasteiger partial charge in [-0.1, -0.05) is 45.7 Å². The first-order valence-corrected chi connectivity index (χ1v) is 8.08. The predicted molar refractivity (Wildman–Crippen MR) is 84.4 cm³/mol. The molecule has 0 fully saturated rings. The monoisotopic (exact) mass is 371 g/mol. The molecule has 0 spiro atoms. The molecule has 6 heteroatoms. The van der Waals surface area contributed by atoms with Crippen molar-refractivity contribution in [3.8, 4) is 0 Å². The fourth-order valence-electron chi connectivity index (χ4n) is 2.39. The quantitative estimate of drug-likeness (QED) is 0.652. The van der Waals surface area contributed by atoms with Crippen molar-refractivity contribution in [1.29, 1.82) is 0 Å². The molecule has 1 amide bonds. The molecule has 1 atom stereocenters. The zero-order chi connectivity index (χ0) is 15.4. The summed E-state index contributed by atoms with van der Waals surface area (Å²) >= 11 is 9.53. The average molecular weight is 373 g/mol. The van der Waals surface area contributed by atoms with Gasteiger partial charge < -0.3 is 10.1 Å². The molecule has 1 aromatic rings. The van der Waals surface area contributed by atoms with E-state index in [-0.39, 0.29) is 24.9 Å². The zero-order valence-corrected chi connectivity index (χ0v) is 13.8. The van der Waals surface area contributed by atoms with Crippen molar-refractivity contribution >= 4 is 39.4 Å². The minimum absolute atomic E-state index is 0.137. The fraction of sp³-hybridized carbons (Fsp3) is 0.333. The Morgan fingerprint density at radius 1 is 1.48 bits per heavy atom. The maximum atomic E-state index is 12.3. The van der Waals surface area contributed by atoms with Crippen LogP contribution in [-0.2, 0) is 14.3 Å². The minimum Gasteiger partial charge on any atom is -0.463 e. The number of nitrogens with one attached hydrogen (secondary N) is 1. The first-order chi connectivity index (χ1) is 10.1. The number of halogens is 2. The van der Waals surface area contributed by atoms with Gasteiger partial charge in [0.15, 0.2) is 0 Å². The van der Waals surface area contributed by atoms with Crippen LogP contribution in [0.4, 0.5) is 0 Å². The summed E-state index contributed by atoms with van der Waals surface area (Å²) in [4.78, 5) is 24.2. The molecule has 1 heterocycles. The van der Waals surface area contributed by atoms with Crippen LogP contribution in [0, 0.1) is 0 Å². The molecular formula is C15H15BrClNO3. The van der Waals surface area contributed by atoms with Crippen LogP contribution in [0.5, 0.6) is 0 Å². The van der Waals surface area contributed by atoms with Gasteiger partial charge >= 0.3 is 5.97 Å². The van der Waals surface area contributed by atoms with Gasteiger partial charge in [-0.05, 0) is 18.6 Å². The summed E-state index contributed by atoms with van der Waals surface area (Å²) in [5.74, 6) is -0.946. The van der Waals surface area contributed by atoms with Gasteiger partial charge in [0, 0.05) is 28.4 Å². The second kappa shape index (κ2) is 7.09. The second-order valence-corrected chi connectivity index (χ2v) is 5.54. The van der Waals surface area contributed by atoms with Crippen LogP contribution in [0.1, 0.15) is 24.8 Å². The molecule has 2 rings (SSSR count). The van der Waals surface area contributed by atoms with Gasteiger partial charge in [0.1, 0.15) is 0 Å². The van der Waals surface area contributed by atoms with Crippen molar-refractivity contribution in [1.82, 2.24) is 5.32 Å². The van der Waals surface area contributed by atoms with Crippen LogP contribution >= 0.6 is 27.5 Å². The van der Waals surface area contributed by atoms with Gasteiger partial charge in [0.2, 0.25) is 5.91 Å². The molecule has 21 heavy (non-hydrogen) atoms. The van der Waals surface area contributed by atoms with Crippen molar-refractivity contribution < 1.29 is 14.3 Å². The highest BCUT2D eigenvalue weighted by Gasteiger charge is 2.34. The summed E-state index contributed by atoms with van der Waals surface area (Å²) in [6.07, 6.45) is 0.175. The van der Waals surface area contributed by atoms with Gasteiger partial charge in [0.25, 0.3) is 0 Å². The smallest absolute Gasteiger partial charge is 0.336 e. The Bertz CT molecular complexity index is 600. The third kappa shape index (κ3) is 3.47. The number of rotatable bonds is 4. The van der Waals surface area contributed by atoms with Crippen molar-refractivity contribution in [2.75, 3.05) is 11.9 Å². The number of hydrogen-bond donors (Lipinski definition) is 1. The fourth-order valence-corrected chi connectivity index (χ4v) is 3.10. The zero-order valence-electron chi connectivity index (χ0n) is 11.5. The number of alkyl halides is 1. The number of amides is 1. The first kappa shape index (κ1) is 16.0. The molecule has 1 aromatic carbocycles. The van der Waals surface area contributed by atoms with E-state index in [1.54, 1.807) is 13.0 Å². The Labute approximate surface area is 136 Å². The highest BCUT2D eigenvalue weighted by Crippen LogP contribution is 2.37. The number of ether oxygens (including phenoxy) is 1. The maximum absolute atomic E-state index is 12.3. The second-order valence-electron chi connectivity index (χ2n) is 4.57. The molecule has 0 radical (unpaired) electrons. The van der Waals surface area contributed by atoms with Crippen LogP contribution in [0.15, 0.2) is 35.5 Å². The SMILES string of the molecule is CCOC(=O)C1=C(CBr)NC(=O)CC1c1ccccc1Cl. The van der Waals surface area contributed by atoms with E-state index in [0.29, 0.717) is 21.6 Å². The number of benzene rings is 1. The summed E-state index contributed by atoms with van der Waals surface area (Å²) in [7, 11) is 0. The third-order valence-corrected chi connectivity index (χ3v) is 4.17. The standard InChI is InChI=1S/C15H15BrClNO3/c1-2-21-15(20)14-10(7-13(19)18-12(14)8-16)9-5-3-4-6-11(9)17/h3-6,10H,2,7-8H2,1H3,(H,18,19). The van der Waals surface area contributed by atoms with Crippen LogP contribution in [0.2, 0.25) is 5.02 Å². The van der Waals surface area contributed by atoms with E-state index < -0.39 is 5.97 Å². The molecule has 1 aliphatic rings. The molecule has 112 valence electrons. The lowest BCUT2D eigenvalue weighted by atomic mass is 9.84. The molecule has 1 N–H and O–H groups in total. The van der Waals surface area contributed by atoms with E-state index in [9.17, 15) is 9.59 Å². The average Bonchev–Trinajstić information content (AvgIpc) is 2.46. The van der Waals surface area contributed by atoms with Gasteiger partial charge in [-0.2, -0.15) is 0 Å². The van der Waals surface area contributed by atoms with Crippen LogP contribution in [0.3, 0.4) is 0 Å². The van der Waals surface area contributed by atoms with Crippen molar-refractivity contribution in [3.05, 3.63) is 46.1 Å². The predicted octanol–water partition coefficient (Wildman–Crippen LogP) is 3.16. The van der Waals surface area contributed by atoms with Gasteiger partial charge in [-0.25, -0.2) is 4.79 Å². The number of esters is 1. The van der Waals surface area contributed by atoms with Gasteiger partial charge in [0.05, 0.1) is 12.2 Å². The van der Waals surface area contributed by atoms with E-state index in [0.717, 1.165) is 5.56 Å². The van der Waals surface area contributed by atoms with Crippen molar-refractivity contribution in [3.63, 3.8) is 0 Å². The molecule has 0 aliphatic carbocycles. The number of carbonyl (C=O) groups excluding carboxylic acids is 2.